The summed E-state index contributed by atoms with van der Waals surface area (Å²) in [6.45, 7) is 3.55. The van der Waals surface area contributed by atoms with Crippen LogP contribution in [0.2, 0.25) is 0 Å². The lowest BCUT2D eigenvalue weighted by Crippen LogP contribution is -2.22. The molecule has 1 atom stereocenters. The third-order valence-corrected chi connectivity index (χ3v) is 2.70. The third-order valence-electron chi connectivity index (χ3n) is 2.70. The van der Waals surface area contributed by atoms with Crippen molar-refractivity contribution in [2.24, 2.45) is 5.92 Å². The molecule has 0 spiro atoms. The summed E-state index contributed by atoms with van der Waals surface area (Å²) in [6, 6.07) is 6.62. The van der Waals surface area contributed by atoms with Gasteiger partial charge in [0.2, 0.25) is 0 Å². The molecule has 15 heavy (non-hydrogen) atoms. The molecule has 1 aromatic rings. The predicted octanol–water partition coefficient (Wildman–Crippen LogP) is 1.95. The highest BCUT2D eigenvalue weighted by Gasteiger charge is 2.14. The first-order valence-electron chi connectivity index (χ1n) is 5.37. The van der Waals surface area contributed by atoms with Crippen LogP contribution in [0.25, 0.3) is 0 Å². The molecule has 0 saturated carbocycles. The normalized spacial score (nSPS) is 20.7. The highest BCUT2D eigenvalue weighted by Crippen LogP contribution is 2.11. The number of halogens is 1. The van der Waals surface area contributed by atoms with Crippen molar-refractivity contribution < 1.29 is 9.13 Å². The molecule has 2 nitrogen and oxygen atoms in total. The lowest BCUT2D eigenvalue weighted by Gasteiger charge is -2.09. The molecule has 1 N–H and O–H groups in total. The number of nitrogens with one attached hydrogen (secondary N) is 1. The van der Waals surface area contributed by atoms with Crippen LogP contribution in [0.5, 0.6) is 0 Å². The Hall–Kier alpha value is -0.930. The largest absolute Gasteiger partial charge is 0.381 e. The van der Waals surface area contributed by atoms with Crippen LogP contribution in [0, 0.1) is 11.7 Å². The van der Waals surface area contributed by atoms with E-state index in [2.05, 4.69) is 5.32 Å². The van der Waals surface area contributed by atoms with E-state index in [-0.39, 0.29) is 5.82 Å². The highest BCUT2D eigenvalue weighted by molar-refractivity contribution is 5.15. The number of rotatable bonds is 4. The number of benzene rings is 1. The van der Waals surface area contributed by atoms with E-state index in [0.29, 0.717) is 5.92 Å². The molecular formula is C12H16FNO. The van der Waals surface area contributed by atoms with Crippen LogP contribution < -0.4 is 5.32 Å². The lowest BCUT2D eigenvalue weighted by molar-refractivity contribution is 0.185. The molecule has 1 aromatic carbocycles. The summed E-state index contributed by atoms with van der Waals surface area (Å²) in [5.41, 5.74) is 1.12. The second kappa shape index (κ2) is 5.24. The first kappa shape index (κ1) is 10.6. The Kier molecular flexibility index (Phi) is 3.69. The van der Waals surface area contributed by atoms with E-state index < -0.39 is 0 Å². The molecule has 0 aliphatic carbocycles. The maximum atomic E-state index is 12.6. The molecule has 1 unspecified atom stereocenters. The molecule has 1 heterocycles. The Morgan fingerprint density at radius 1 is 1.33 bits per heavy atom. The van der Waals surface area contributed by atoms with Gasteiger partial charge in [0, 0.05) is 19.7 Å². The fraction of sp³-hybridized carbons (Fsp3) is 0.500. The van der Waals surface area contributed by atoms with Crippen molar-refractivity contribution in [1.82, 2.24) is 5.32 Å². The molecule has 82 valence electrons. The topological polar surface area (TPSA) is 21.3 Å². The summed E-state index contributed by atoms with van der Waals surface area (Å²) in [7, 11) is 0. The lowest BCUT2D eigenvalue weighted by atomic mass is 10.1. The Morgan fingerprint density at radius 3 is 2.80 bits per heavy atom. The maximum Gasteiger partial charge on any atom is 0.123 e. The van der Waals surface area contributed by atoms with Crippen molar-refractivity contribution in [3.63, 3.8) is 0 Å². The minimum Gasteiger partial charge on any atom is -0.381 e. The van der Waals surface area contributed by atoms with Crippen LogP contribution in [0.4, 0.5) is 4.39 Å². The van der Waals surface area contributed by atoms with Gasteiger partial charge in [-0.25, -0.2) is 4.39 Å². The molecule has 0 radical (unpaired) electrons. The zero-order valence-electron chi connectivity index (χ0n) is 8.71. The van der Waals surface area contributed by atoms with Gasteiger partial charge in [0.15, 0.2) is 0 Å². The van der Waals surface area contributed by atoms with Gasteiger partial charge in [-0.3, -0.25) is 0 Å². The van der Waals surface area contributed by atoms with Gasteiger partial charge in [-0.1, -0.05) is 12.1 Å². The quantitative estimate of drug-likeness (QED) is 0.818. The minimum atomic E-state index is -0.178. The van der Waals surface area contributed by atoms with Crippen LogP contribution in [-0.2, 0) is 11.3 Å². The van der Waals surface area contributed by atoms with Crippen molar-refractivity contribution in [1.29, 1.82) is 0 Å². The Bertz CT molecular complexity index is 293. The predicted molar refractivity (Wildman–Crippen MR) is 57.0 cm³/mol. The minimum absolute atomic E-state index is 0.178. The van der Waals surface area contributed by atoms with E-state index in [1.807, 2.05) is 12.1 Å². The Balaban J connectivity index is 1.71. The van der Waals surface area contributed by atoms with Crippen LogP contribution in [-0.4, -0.2) is 19.8 Å². The van der Waals surface area contributed by atoms with Gasteiger partial charge in [-0.2, -0.15) is 0 Å². The summed E-state index contributed by atoms with van der Waals surface area (Å²) in [6.07, 6.45) is 1.15. The first-order chi connectivity index (χ1) is 7.34. The molecular weight excluding hydrogens is 193 g/mol. The average molecular weight is 209 g/mol. The molecule has 0 amide bonds. The molecule has 1 fully saturated rings. The Labute approximate surface area is 89.4 Å². The van der Waals surface area contributed by atoms with Gasteiger partial charge in [-0.15, -0.1) is 0 Å². The fourth-order valence-electron chi connectivity index (χ4n) is 1.77. The first-order valence-corrected chi connectivity index (χ1v) is 5.37. The van der Waals surface area contributed by atoms with Crippen molar-refractivity contribution in [2.75, 3.05) is 19.8 Å². The number of ether oxygens (including phenoxy) is 1. The van der Waals surface area contributed by atoms with Crippen LogP contribution in [0.1, 0.15) is 12.0 Å². The van der Waals surface area contributed by atoms with Gasteiger partial charge < -0.3 is 10.1 Å². The van der Waals surface area contributed by atoms with E-state index in [9.17, 15) is 4.39 Å². The molecule has 1 aliphatic heterocycles. The average Bonchev–Trinajstić information content (AvgIpc) is 2.74. The van der Waals surface area contributed by atoms with Crippen molar-refractivity contribution in [2.45, 2.75) is 13.0 Å². The monoisotopic (exact) mass is 209 g/mol. The second-order valence-electron chi connectivity index (χ2n) is 3.99. The van der Waals surface area contributed by atoms with Gasteiger partial charge in [0.25, 0.3) is 0 Å². The molecule has 0 bridgehead atoms. The maximum absolute atomic E-state index is 12.6. The van der Waals surface area contributed by atoms with E-state index in [1.165, 1.54) is 12.1 Å². The van der Waals surface area contributed by atoms with E-state index in [1.54, 1.807) is 0 Å². The Morgan fingerprint density at radius 2 is 2.13 bits per heavy atom. The van der Waals surface area contributed by atoms with Gasteiger partial charge >= 0.3 is 0 Å². The van der Waals surface area contributed by atoms with Crippen molar-refractivity contribution in [3.8, 4) is 0 Å². The van der Waals surface area contributed by atoms with Crippen LogP contribution in [0.3, 0.4) is 0 Å². The summed E-state index contributed by atoms with van der Waals surface area (Å²) in [4.78, 5) is 0. The smallest absolute Gasteiger partial charge is 0.123 e. The molecule has 1 saturated heterocycles. The van der Waals surface area contributed by atoms with Gasteiger partial charge in [0.1, 0.15) is 5.82 Å². The fourth-order valence-corrected chi connectivity index (χ4v) is 1.77. The van der Waals surface area contributed by atoms with Crippen LogP contribution in [0.15, 0.2) is 24.3 Å². The summed E-state index contributed by atoms with van der Waals surface area (Å²) >= 11 is 0. The summed E-state index contributed by atoms with van der Waals surface area (Å²) in [5, 5.41) is 3.36. The van der Waals surface area contributed by atoms with Crippen molar-refractivity contribution in [3.05, 3.63) is 35.6 Å². The van der Waals surface area contributed by atoms with E-state index >= 15 is 0 Å². The van der Waals surface area contributed by atoms with Crippen LogP contribution >= 0.6 is 0 Å². The van der Waals surface area contributed by atoms with E-state index in [4.69, 9.17) is 4.74 Å². The van der Waals surface area contributed by atoms with Gasteiger partial charge in [0.05, 0.1) is 6.61 Å². The van der Waals surface area contributed by atoms with Gasteiger partial charge in [-0.05, 0) is 30.0 Å². The second-order valence-corrected chi connectivity index (χ2v) is 3.99. The number of hydrogen-bond acceptors (Lipinski definition) is 2. The molecule has 1 aliphatic rings. The zero-order chi connectivity index (χ0) is 10.5. The zero-order valence-corrected chi connectivity index (χ0v) is 8.71. The standard InChI is InChI=1S/C12H16FNO/c13-12-3-1-10(2-4-12)7-14-8-11-5-6-15-9-11/h1-4,11,14H,5-9H2. The van der Waals surface area contributed by atoms with E-state index in [0.717, 1.165) is 38.3 Å². The molecule has 2 rings (SSSR count). The van der Waals surface area contributed by atoms with Crippen molar-refractivity contribution >= 4 is 0 Å². The number of hydrogen-bond donors (Lipinski definition) is 1. The molecule has 0 aromatic heterocycles. The third kappa shape index (κ3) is 3.29. The SMILES string of the molecule is Fc1ccc(CNCC2CCOC2)cc1. The molecule has 3 heteroatoms. The summed E-state index contributed by atoms with van der Waals surface area (Å²) in [5.74, 6) is 0.466. The summed E-state index contributed by atoms with van der Waals surface area (Å²) < 4.78 is 17.9. The highest BCUT2D eigenvalue weighted by atomic mass is 19.1.